The summed E-state index contributed by atoms with van der Waals surface area (Å²) in [6.07, 6.45) is -0.106. The molecule has 0 bridgehead atoms. The van der Waals surface area contributed by atoms with Gasteiger partial charge in [-0.1, -0.05) is 24.3 Å². The van der Waals surface area contributed by atoms with Crippen molar-refractivity contribution in [2.75, 3.05) is 31.5 Å². The van der Waals surface area contributed by atoms with Crippen molar-refractivity contribution in [1.29, 1.82) is 0 Å². The average Bonchev–Trinajstić information content (AvgIpc) is 2.95. The van der Waals surface area contributed by atoms with Crippen molar-refractivity contribution in [3.8, 4) is 0 Å². The van der Waals surface area contributed by atoms with Gasteiger partial charge in [-0.05, 0) is 24.3 Å². The topological polar surface area (TPSA) is 128 Å². The van der Waals surface area contributed by atoms with Gasteiger partial charge in [0.15, 0.2) is 0 Å². The van der Waals surface area contributed by atoms with Crippen LogP contribution in [-0.2, 0) is 16.1 Å². The lowest BCUT2D eigenvalue weighted by Gasteiger charge is -2.35. The highest BCUT2D eigenvalue weighted by atomic mass is 16.2. The van der Waals surface area contributed by atoms with Gasteiger partial charge in [-0.15, -0.1) is 0 Å². The number of aromatic amines is 1. The minimum atomic E-state index is -0.933. The first-order valence-electron chi connectivity index (χ1n) is 11.2. The van der Waals surface area contributed by atoms with Crippen LogP contribution in [0.1, 0.15) is 22.6 Å². The zero-order valence-corrected chi connectivity index (χ0v) is 18.4. The Labute approximate surface area is 195 Å². The van der Waals surface area contributed by atoms with E-state index in [1.807, 2.05) is 12.1 Å². The van der Waals surface area contributed by atoms with E-state index in [9.17, 15) is 19.2 Å². The first-order chi connectivity index (χ1) is 16.5. The molecule has 174 valence electrons. The van der Waals surface area contributed by atoms with E-state index >= 15 is 0 Å². The highest BCUT2D eigenvalue weighted by Gasteiger charge is 2.31. The number of carbonyl (C=O) groups excluding carboxylic acids is 3. The Kier molecular flexibility index (Phi) is 5.81. The number of hydrogen-bond donors (Lipinski definition) is 3. The fraction of sp³-hybridized carbons (Fsp3) is 0.292. The maximum atomic E-state index is 12.9. The Morgan fingerprint density at radius 3 is 2.53 bits per heavy atom. The Hall–Kier alpha value is -4.05. The molecule has 3 aromatic rings. The van der Waals surface area contributed by atoms with E-state index in [-0.39, 0.29) is 23.8 Å². The number of nitrogens with one attached hydrogen (secondary N) is 3. The van der Waals surface area contributed by atoms with Crippen LogP contribution < -0.4 is 16.2 Å². The van der Waals surface area contributed by atoms with Crippen molar-refractivity contribution in [1.82, 2.24) is 25.1 Å². The summed E-state index contributed by atoms with van der Waals surface area (Å²) in [7, 11) is 0. The highest BCUT2D eigenvalue weighted by molar-refractivity contribution is 6.10. The van der Waals surface area contributed by atoms with E-state index in [4.69, 9.17) is 0 Å². The van der Waals surface area contributed by atoms with E-state index in [1.54, 1.807) is 41.3 Å². The number of rotatable bonds is 4. The minimum Gasteiger partial charge on any atom is -0.340 e. The molecule has 1 saturated heterocycles. The molecule has 3 heterocycles. The molecule has 34 heavy (non-hydrogen) atoms. The fourth-order valence-corrected chi connectivity index (χ4v) is 4.34. The average molecular weight is 460 g/mol. The molecule has 2 aliphatic heterocycles. The monoisotopic (exact) mass is 460 g/mol. The van der Waals surface area contributed by atoms with Crippen LogP contribution in [0.25, 0.3) is 10.9 Å². The van der Waals surface area contributed by atoms with E-state index < -0.39 is 11.9 Å². The van der Waals surface area contributed by atoms with Crippen molar-refractivity contribution in [2.24, 2.45) is 0 Å². The molecule has 0 aliphatic carbocycles. The second-order valence-corrected chi connectivity index (χ2v) is 8.45. The third kappa shape index (κ3) is 4.40. The number of H-pyrrole nitrogens is 1. The molecular weight excluding hydrogens is 436 g/mol. The maximum absolute atomic E-state index is 12.9. The zero-order valence-electron chi connectivity index (χ0n) is 18.4. The van der Waals surface area contributed by atoms with Crippen LogP contribution in [0.5, 0.6) is 0 Å². The molecule has 10 heteroatoms. The second-order valence-electron chi connectivity index (χ2n) is 8.45. The van der Waals surface area contributed by atoms with E-state index in [2.05, 4.69) is 25.5 Å². The van der Waals surface area contributed by atoms with Crippen LogP contribution in [0.15, 0.2) is 53.3 Å². The van der Waals surface area contributed by atoms with Crippen molar-refractivity contribution in [3.05, 3.63) is 70.3 Å². The van der Waals surface area contributed by atoms with Crippen molar-refractivity contribution in [2.45, 2.75) is 19.0 Å². The van der Waals surface area contributed by atoms with Gasteiger partial charge < -0.3 is 20.5 Å². The molecule has 1 aromatic heterocycles. The van der Waals surface area contributed by atoms with Crippen LogP contribution in [0.2, 0.25) is 0 Å². The van der Waals surface area contributed by atoms with Gasteiger partial charge in [0, 0.05) is 26.2 Å². The molecule has 1 atom stereocenters. The number of hydrogen-bond acceptors (Lipinski definition) is 6. The number of fused-ring (bicyclic) bond motifs is 2. The molecule has 3 N–H and O–H groups in total. The van der Waals surface area contributed by atoms with E-state index in [0.29, 0.717) is 60.7 Å². The van der Waals surface area contributed by atoms with Gasteiger partial charge in [0.05, 0.1) is 35.1 Å². The van der Waals surface area contributed by atoms with Crippen LogP contribution in [0.4, 0.5) is 5.69 Å². The highest BCUT2D eigenvalue weighted by Crippen LogP contribution is 2.19. The van der Waals surface area contributed by atoms with Crippen LogP contribution in [0, 0.1) is 0 Å². The van der Waals surface area contributed by atoms with Crippen LogP contribution in [0.3, 0.4) is 0 Å². The second kappa shape index (κ2) is 9.06. The van der Waals surface area contributed by atoms with Crippen LogP contribution >= 0.6 is 0 Å². The number of piperazine rings is 1. The first kappa shape index (κ1) is 21.8. The predicted molar refractivity (Wildman–Crippen MR) is 125 cm³/mol. The standard InChI is InChI=1S/C24H24N6O4/c31-21(13-19-24(34)26-18-8-4-2-6-16(18)22(32)27-19)30-11-9-29(10-12-30)14-20-25-17-7-3-1-5-15(17)23(33)28-20/h1-8,19H,9-14H2,(H,26,34)(H,27,32)(H,25,28,33). The third-order valence-corrected chi connectivity index (χ3v) is 6.19. The number of aromatic nitrogens is 2. The van der Waals surface area contributed by atoms with E-state index in [1.165, 1.54) is 0 Å². The number of benzene rings is 2. The summed E-state index contributed by atoms with van der Waals surface area (Å²) in [5.74, 6) is -0.394. The third-order valence-electron chi connectivity index (χ3n) is 6.19. The maximum Gasteiger partial charge on any atom is 0.258 e. The predicted octanol–water partition coefficient (Wildman–Crippen LogP) is 0.708. The summed E-state index contributed by atoms with van der Waals surface area (Å²) < 4.78 is 0. The van der Waals surface area contributed by atoms with Gasteiger partial charge in [0.2, 0.25) is 11.8 Å². The molecule has 1 fully saturated rings. The van der Waals surface area contributed by atoms with E-state index in [0.717, 1.165) is 0 Å². The number of amides is 3. The van der Waals surface area contributed by atoms with Gasteiger partial charge in [0.25, 0.3) is 11.5 Å². The molecule has 10 nitrogen and oxygen atoms in total. The molecule has 2 aliphatic rings. The summed E-state index contributed by atoms with van der Waals surface area (Å²) in [5, 5.41) is 5.95. The van der Waals surface area contributed by atoms with Gasteiger partial charge in [-0.2, -0.15) is 0 Å². The van der Waals surface area contributed by atoms with Crippen molar-refractivity contribution < 1.29 is 14.4 Å². The van der Waals surface area contributed by atoms with Crippen molar-refractivity contribution in [3.63, 3.8) is 0 Å². The molecule has 0 spiro atoms. The normalized spacial score (nSPS) is 18.7. The summed E-state index contributed by atoms with van der Waals surface area (Å²) in [5.41, 5.74) is 1.30. The van der Waals surface area contributed by atoms with Gasteiger partial charge >= 0.3 is 0 Å². The molecule has 0 radical (unpaired) electrons. The first-order valence-corrected chi connectivity index (χ1v) is 11.2. The zero-order chi connectivity index (χ0) is 23.7. The van der Waals surface area contributed by atoms with Gasteiger partial charge in [0.1, 0.15) is 11.9 Å². The number of nitrogens with zero attached hydrogens (tertiary/aromatic N) is 3. The molecule has 5 rings (SSSR count). The van der Waals surface area contributed by atoms with Gasteiger partial charge in [-0.3, -0.25) is 24.1 Å². The smallest absolute Gasteiger partial charge is 0.258 e. The number of para-hydroxylation sites is 2. The number of anilines is 1. The summed E-state index contributed by atoms with van der Waals surface area (Å²) in [6.45, 7) is 2.66. The van der Waals surface area contributed by atoms with Crippen molar-refractivity contribution >= 4 is 34.3 Å². The lowest BCUT2D eigenvalue weighted by Crippen LogP contribution is -2.51. The largest absolute Gasteiger partial charge is 0.340 e. The molecule has 1 unspecified atom stereocenters. The summed E-state index contributed by atoms with van der Waals surface area (Å²) >= 11 is 0. The summed E-state index contributed by atoms with van der Waals surface area (Å²) in [4.78, 5) is 61.4. The minimum absolute atomic E-state index is 0.106. The lowest BCUT2D eigenvalue weighted by molar-refractivity contribution is -0.135. The number of carbonyl (C=O) groups is 3. The van der Waals surface area contributed by atoms with Crippen LogP contribution in [-0.4, -0.2) is 69.7 Å². The Balaban J connectivity index is 1.18. The Morgan fingerprint density at radius 1 is 0.971 bits per heavy atom. The molecule has 3 amide bonds. The quantitative estimate of drug-likeness (QED) is 0.526. The lowest BCUT2D eigenvalue weighted by atomic mass is 10.1. The Morgan fingerprint density at radius 2 is 1.71 bits per heavy atom. The fourth-order valence-electron chi connectivity index (χ4n) is 4.34. The SMILES string of the molecule is O=C1NC(CC(=O)N2CCN(Cc3nc4ccccc4c(=O)[nH]3)CC2)C(=O)Nc2ccccc21. The molecule has 0 saturated carbocycles. The van der Waals surface area contributed by atoms with Gasteiger partial charge in [-0.25, -0.2) is 4.98 Å². The Bertz CT molecular complexity index is 1330. The molecule has 2 aromatic carbocycles. The molecular formula is C24H24N6O4. The summed E-state index contributed by atoms with van der Waals surface area (Å²) in [6, 6.07) is 13.0.